The number of quaternary nitrogens is 1. The average Bonchev–Trinajstić information content (AvgIpc) is 2.74. The third kappa shape index (κ3) is 5.09. The van der Waals surface area contributed by atoms with Crippen LogP contribution in [0.25, 0.3) is 0 Å². The molecule has 29 heavy (non-hydrogen) atoms. The molecule has 1 aliphatic heterocycles. The van der Waals surface area contributed by atoms with E-state index in [0.29, 0.717) is 17.7 Å². The van der Waals surface area contributed by atoms with Crippen LogP contribution in [0, 0.1) is 0 Å². The van der Waals surface area contributed by atoms with Crippen molar-refractivity contribution in [3.05, 3.63) is 70.8 Å². The van der Waals surface area contributed by atoms with Gasteiger partial charge in [-0.2, -0.15) is 0 Å². The average molecular weight is 394 g/mol. The SMILES string of the molecule is CC[NH+](CC)Cc1ccc(CNC(=O)CN2C(=O)Cc3ccccc3C2=O)cc1. The normalized spacial score (nSPS) is 13.6. The largest absolute Gasteiger partial charge is 0.350 e. The molecule has 3 rings (SSSR count). The molecule has 152 valence electrons. The summed E-state index contributed by atoms with van der Waals surface area (Å²) >= 11 is 0. The van der Waals surface area contributed by atoms with Crippen molar-refractivity contribution in [3.63, 3.8) is 0 Å². The number of hydrogen-bond acceptors (Lipinski definition) is 3. The fourth-order valence-electron chi connectivity index (χ4n) is 3.52. The van der Waals surface area contributed by atoms with Crippen LogP contribution in [0.4, 0.5) is 0 Å². The summed E-state index contributed by atoms with van der Waals surface area (Å²) in [5.41, 5.74) is 3.46. The highest BCUT2D eigenvalue weighted by atomic mass is 16.2. The summed E-state index contributed by atoms with van der Waals surface area (Å²) in [7, 11) is 0. The van der Waals surface area contributed by atoms with E-state index in [2.05, 4.69) is 31.3 Å². The van der Waals surface area contributed by atoms with E-state index in [1.54, 1.807) is 24.3 Å². The Morgan fingerprint density at radius 2 is 1.66 bits per heavy atom. The lowest BCUT2D eigenvalue weighted by Gasteiger charge is -2.26. The van der Waals surface area contributed by atoms with Crippen molar-refractivity contribution in [1.82, 2.24) is 10.2 Å². The van der Waals surface area contributed by atoms with Crippen LogP contribution in [-0.4, -0.2) is 42.3 Å². The van der Waals surface area contributed by atoms with Crippen LogP contribution in [0.2, 0.25) is 0 Å². The second-order valence-electron chi connectivity index (χ2n) is 7.35. The highest BCUT2D eigenvalue weighted by Gasteiger charge is 2.31. The predicted octanol–water partition coefficient (Wildman–Crippen LogP) is 0.953. The Morgan fingerprint density at radius 3 is 2.34 bits per heavy atom. The topological polar surface area (TPSA) is 70.9 Å². The minimum Gasteiger partial charge on any atom is -0.350 e. The number of imide groups is 1. The number of benzene rings is 2. The Labute approximate surface area is 171 Å². The summed E-state index contributed by atoms with van der Waals surface area (Å²) < 4.78 is 0. The Hall–Kier alpha value is -2.99. The van der Waals surface area contributed by atoms with Crippen molar-refractivity contribution in [2.75, 3.05) is 19.6 Å². The molecule has 6 nitrogen and oxygen atoms in total. The van der Waals surface area contributed by atoms with Crippen LogP contribution in [0.1, 0.15) is 40.9 Å². The Bertz CT molecular complexity index is 888. The van der Waals surface area contributed by atoms with E-state index < -0.39 is 5.91 Å². The number of nitrogens with one attached hydrogen (secondary N) is 2. The first-order chi connectivity index (χ1) is 14.0. The Morgan fingerprint density at radius 1 is 1.00 bits per heavy atom. The number of hydrogen-bond donors (Lipinski definition) is 2. The molecule has 6 heteroatoms. The van der Waals surface area contributed by atoms with Crippen molar-refractivity contribution >= 4 is 17.7 Å². The summed E-state index contributed by atoms with van der Waals surface area (Å²) in [5.74, 6) is -1.09. The van der Waals surface area contributed by atoms with E-state index in [0.717, 1.165) is 30.1 Å². The quantitative estimate of drug-likeness (QED) is 0.655. The van der Waals surface area contributed by atoms with Gasteiger partial charge in [-0.15, -0.1) is 0 Å². The fourth-order valence-corrected chi connectivity index (χ4v) is 3.52. The Balaban J connectivity index is 1.54. The van der Waals surface area contributed by atoms with Crippen molar-refractivity contribution in [3.8, 4) is 0 Å². The van der Waals surface area contributed by atoms with Gasteiger partial charge >= 0.3 is 0 Å². The minimum absolute atomic E-state index is 0.144. The molecule has 1 aliphatic rings. The molecule has 3 amide bonds. The van der Waals surface area contributed by atoms with Gasteiger partial charge in [-0.3, -0.25) is 19.3 Å². The van der Waals surface area contributed by atoms with E-state index in [9.17, 15) is 14.4 Å². The van der Waals surface area contributed by atoms with Gasteiger partial charge in [-0.25, -0.2) is 0 Å². The summed E-state index contributed by atoms with van der Waals surface area (Å²) in [6.45, 7) is 7.64. The molecule has 0 unspecified atom stereocenters. The standard InChI is InChI=1S/C23H27N3O3/c1-3-25(4-2)15-18-11-9-17(10-12-18)14-24-21(27)16-26-22(28)13-19-7-5-6-8-20(19)23(26)29/h5-12H,3-4,13-16H2,1-2H3,(H,24,27)/p+1. The van der Waals surface area contributed by atoms with Crippen molar-refractivity contribution in [2.24, 2.45) is 0 Å². The first-order valence-electron chi connectivity index (χ1n) is 10.1. The van der Waals surface area contributed by atoms with Crippen molar-refractivity contribution in [2.45, 2.75) is 33.4 Å². The van der Waals surface area contributed by atoms with Gasteiger partial charge in [0.05, 0.1) is 19.5 Å². The Kier molecular flexibility index (Phi) is 6.77. The molecule has 0 bridgehead atoms. The van der Waals surface area contributed by atoms with Gasteiger partial charge in [0, 0.05) is 17.7 Å². The van der Waals surface area contributed by atoms with Crippen LogP contribution in [0.15, 0.2) is 48.5 Å². The van der Waals surface area contributed by atoms with Gasteiger partial charge in [0.2, 0.25) is 11.8 Å². The molecule has 0 saturated heterocycles. The number of rotatable bonds is 8. The lowest BCUT2D eigenvalue weighted by atomic mass is 9.98. The molecule has 2 aromatic rings. The summed E-state index contributed by atoms with van der Waals surface area (Å²) in [5, 5.41) is 2.80. The second-order valence-corrected chi connectivity index (χ2v) is 7.35. The summed E-state index contributed by atoms with van der Waals surface area (Å²) in [6, 6.07) is 15.2. The number of amides is 3. The van der Waals surface area contributed by atoms with E-state index in [1.165, 1.54) is 10.5 Å². The predicted molar refractivity (Wildman–Crippen MR) is 110 cm³/mol. The van der Waals surface area contributed by atoms with Gasteiger partial charge in [0.15, 0.2) is 0 Å². The molecule has 0 fully saturated rings. The zero-order chi connectivity index (χ0) is 20.8. The van der Waals surface area contributed by atoms with E-state index in [-0.39, 0.29) is 24.8 Å². The molecule has 0 radical (unpaired) electrons. The molecular weight excluding hydrogens is 366 g/mol. The highest BCUT2D eigenvalue weighted by molar-refractivity contribution is 6.11. The summed E-state index contributed by atoms with van der Waals surface area (Å²) in [4.78, 5) is 39.7. The highest BCUT2D eigenvalue weighted by Crippen LogP contribution is 2.19. The van der Waals surface area contributed by atoms with Crippen molar-refractivity contribution < 1.29 is 19.3 Å². The van der Waals surface area contributed by atoms with E-state index in [4.69, 9.17) is 0 Å². The lowest BCUT2D eigenvalue weighted by molar-refractivity contribution is -0.910. The second kappa shape index (κ2) is 9.47. The first-order valence-corrected chi connectivity index (χ1v) is 10.1. The molecule has 0 saturated carbocycles. The number of carbonyl (C=O) groups is 3. The first kappa shape index (κ1) is 20.7. The third-order valence-corrected chi connectivity index (χ3v) is 5.40. The summed E-state index contributed by atoms with van der Waals surface area (Å²) in [6.07, 6.45) is 0.144. The molecule has 2 aromatic carbocycles. The molecule has 0 aromatic heterocycles. The fraction of sp³-hybridized carbons (Fsp3) is 0.348. The van der Waals surface area contributed by atoms with Gasteiger partial charge in [-0.05, 0) is 31.0 Å². The van der Waals surface area contributed by atoms with E-state index in [1.807, 2.05) is 12.1 Å². The molecule has 2 N–H and O–H groups in total. The van der Waals surface area contributed by atoms with Gasteiger partial charge in [-0.1, -0.05) is 42.5 Å². The third-order valence-electron chi connectivity index (χ3n) is 5.40. The maximum Gasteiger partial charge on any atom is 0.261 e. The molecule has 0 atom stereocenters. The number of fused-ring (bicyclic) bond motifs is 1. The van der Waals surface area contributed by atoms with E-state index >= 15 is 0 Å². The van der Waals surface area contributed by atoms with Crippen LogP contribution >= 0.6 is 0 Å². The molecule has 0 spiro atoms. The zero-order valence-corrected chi connectivity index (χ0v) is 17.0. The molecule has 0 aliphatic carbocycles. The van der Waals surface area contributed by atoms with Gasteiger partial charge in [0.25, 0.3) is 5.91 Å². The van der Waals surface area contributed by atoms with Crippen LogP contribution in [-0.2, 0) is 29.1 Å². The van der Waals surface area contributed by atoms with Crippen molar-refractivity contribution in [1.29, 1.82) is 0 Å². The monoisotopic (exact) mass is 394 g/mol. The van der Waals surface area contributed by atoms with Gasteiger partial charge in [0.1, 0.15) is 13.1 Å². The smallest absolute Gasteiger partial charge is 0.261 e. The lowest BCUT2D eigenvalue weighted by Crippen LogP contribution is -3.10. The molecular formula is C23H28N3O3+. The maximum absolute atomic E-state index is 12.5. The van der Waals surface area contributed by atoms with Crippen LogP contribution < -0.4 is 10.2 Å². The number of carbonyl (C=O) groups excluding carboxylic acids is 3. The number of nitrogens with zero attached hydrogens (tertiary/aromatic N) is 1. The van der Waals surface area contributed by atoms with Gasteiger partial charge < -0.3 is 10.2 Å². The minimum atomic E-state index is -0.407. The van der Waals surface area contributed by atoms with Crippen LogP contribution in [0.5, 0.6) is 0 Å². The molecule has 1 heterocycles. The van der Waals surface area contributed by atoms with Crippen LogP contribution in [0.3, 0.4) is 0 Å². The zero-order valence-electron chi connectivity index (χ0n) is 17.0. The maximum atomic E-state index is 12.5.